The Morgan fingerprint density at radius 1 is 1.31 bits per heavy atom. The highest BCUT2D eigenvalue weighted by molar-refractivity contribution is 6.04. The fourth-order valence-corrected chi connectivity index (χ4v) is 2.81. The minimum absolute atomic E-state index is 0.183. The van der Waals surface area contributed by atoms with Crippen LogP contribution in [0.1, 0.15) is 34.2 Å². The van der Waals surface area contributed by atoms with E-state index in [0.29, 0.717) is 12.1 Å². The summed E-state index contributed by atoms with van der Waals surface area (Å²) in [6.07, 6.45) is 3.31. The summed E-state index contributed by atoms with van der Waals surface area (Å²) in [6, 6.07) is 7.87. The zero-order chi connectivity index (χ0) is 18.7. The van der Waals surface area contributed by atoms with Crippen molar-refractivity contribution in [3.05, 3.63) is 59.2 Å². The molecule has 136 valence electrons. The van der Waals surface area contributed by atoms with Crippen molar-refractivity contribution in [1.82, 2.24) is 19.6 Å². The maximum absolute atomic E-state index is 12.5. The number of aryl methyl sites for hydroxylation is 2. The number of aromatic nitrogens is 4. The van der Waals surface area contributed by atoms with E-state index in [1.165, 1.54) is 0 Å². The lowest BCUT2D eigenvalue weighted by molar-refractivity contribution is 0.102. The molecule has 2 aromatic heterocycles. The molecule has 0 saturated heterocycles. The van der Waals surface area contributed by atoms with Gasteiger partial charge in [-0.25, -0.2) is 0 Å². The van der Waals surface area contributed by atoms with Crippen molar-refractivity contribution < 1.29 is 9.53 Å². The number of carbonyl (C=O) groups is 1. The van der Waals surface area contributed by atoms with Crippen LogP contribution < -0.4 is 10.1 Å². The predicted molar refractivity (Wildman–Crippen MR) is 99.7 cm³/mol. The molecule has 0 atom stereocenters. The van der Waals surface area contributed by atoms with E-state index in [1.807, 2.05) is 49.7 Å². The molecule has 0 aliphatic heterocycles. The van der Waals surface area contributed by atoms with Gasteiger partial charge in [0.2, 0.25) is 0 Å². The number of methoxy groups -OCH3 is 1. The van der Waals surface area contributed by atoms with Gasteiger partial charge in [-0.05, 0) is 38.5 Å². The summed E-state index contributed by atoms with van der Waals surface area (Å²) in [7, 11) is 1.65. The second-order valence-corrected chi connectivity index (χ2v) is 6.09. The van der Waals surface area contributed by atoms with E-state index >= 15 is 0 Å². The van der Waals surface area contributed by atoms with Gasteiger partial charge in [-0.2, -0.15) is 10.2 Å². The highest BCUT2D eigenvalue weighted by Gasteiger charge is 2.16. The van der Waals surface area contributed by atoms with Gasteiger partial charge < -0.3 is 10.1 Å². The Kier molecular flexibility index (Phi) is 5.06. The Labute approximate surface area is 152 Å². The number of carbonyl (C=O) groups excluding carboxylic acids is 1. The van der Waals surface area contributed by atoms with Crippen molar-refractivity contribution in [2.75, 3.05) is 12.4 Å². The SMILES string of the molecule is CCn1cc(C(=O)Nc2c(C)nn(Cc3cccc(OC)c3)c2C)cn1. The molecule has 0 spiro atoms. The number of benzene rings is 1. The zero-order valence-electron chi connectivity index (χ0n) is 15.5. The quantitative estimate of drug-likeness (QED) is 0.739. The van der Waals surface area contributed by atoms with E-state index in [4.69, 9.17) is 4.74 Å². The molecule has 1 amide bonds. The number of nitrogens with zero attached hydrogens (tertiary/aromatic N) is 4. The zero-order valence-corrected chi connectivity index (χ0v) is 15.5. The normalized spacial score (nSPS) is 10.8. The van der Waals surface area contributed by atoms with Crippen molar-refractivity contribution in [3.8, 4) is 5.75 Å². The molecule has 0 fully saturated rings. The van der Waals surface area contributed by atoms with Gasteiger partial charge in [0.25, 0.3) is 5.91 Å². The summed E-state index contributed by atoms with van der Waals surface area (Å²) in [6.45, 7) is 7.15. The molecule has 0 bridgehead atoms. The maximum Gasteiger partial charge on any atom is 0.258 e. The lowest BCUT2D eigenvalue weighted by Gasteiger charge is -2.08. The average molecular weight is 353 g/mol. The van der Waals surface area contributed by atoms with Gasteiger partial charge in [0.05, 0.1) is 42.5 Å². The van der Waals surface area contributed by atoms with Crippen LogP contribution in [0.25, 0.3) is 0 Å². The van der Waals surface area contributed by atoms with Crippen molar-refractivity contribution in [1.29, 1.82) is 0 Å². The van der Waals surface area contributed by atoms with Crippen molar-refractivity contribution in [3.63, 3.8) is 0 Å². The third-order valence-electron chi connectivity index (χ3n) is 4.31. The van der Waals surface area contributed by atoms with Gasteiger partial charge in [-0.3, -0.25) is 14.2 Å². The first-order valence-electron chi connectivity index (χ1n) is 8.52. The number of ether oxygens (including phenoxy) is 1. The number of hydrogen-bond acceptors (Lipinski definition) is 4. The largest absolute Gasteiger partial charge is 0.497 e. The van der Waals surface area contributed by atoms with Crippen molar-refractivity contribution in [2.24, 2.45) is 0 Å². The van der Waals surface area contributed by atoms with Crippen LogP contribution in [0.4, 0.5) is 5.69 Å². The van der Waals surface area contributed by atoms with Gasteiger partial charge in [0.15, 0.2) is 0 Å². The maximum atomic E-state index is 12.5. The molecule has 0 aliphatic rings. The molecule has 1 N–H and O–H groups in total. The molecule has 2 heterocycles. The van der Waals surface area contributed by atoms with Gasteiger partial charge in [-0.15, -0.1) is 0 Å². The summed E-state index contributed by atoms with van der Waals surface area (Å²) in [5.74, 6) is 0.627. The lowest BCUT2D eigenvalue weighted by atomic mass is 10.2. The number of rotatable bonds is 6. The smallest absolute Gasteiger partial charge is 0.258 e. The number of hydrogen-bond donors (Lipinski definition) is 1. The average Bonchev–Trinajstić information content (AvgIpc) is 3.23. The van der Waals surface area contributed by atoms with Crippen LogP contribution in [0.2, 0.25) is 0 Å². The molecule has 0 unspecified atom stereocenters. The molecule has 1 aromatic carbocycles. The van der Waals surface area contributed by atoms with Crippen molar-refractivity contribution in [2.45, 2.75) is 33.9 Å². The van der Waals surface area contributed by atoms with Gasteiger partial charge in [-0.1, -0.05) is 12.1 Å². The summed E-state index contributed by atoms with van der Waals surface area (Å²) in [5, 5.41) is 11.7. The van der Waals surface area contributed by atoms with Gasteiger partial charge in [0.1, 0.15) is 5.75 Å². The lowest BCUT2D eigenvalue weighted by Crippen LogP contribution is -2.13. The molecule has 0 aliphatic carbocycles. The van der Waals surface area contributed by atoms with E-state index in [9.17, 15) is 4.79 Å². The van der Waals surface area contributed by atoms with Crippen molar-refractivity contribution >= 4 is 11.6 Å². The molecule has 3 aromatic rings. The molecule has 7 nitrogen and oxygen atoms in total. The standard InChI is InChI=1S/C19H23N5O2/c1-5-23-12-16(10-20-23)19(25)21-18-13(2)22-24(14(18)3)11-15-7-6-8-17(9-15)26-4/h6-10,12H,5,11H2,1-4H3,(H,21,25). The van der Waals surface area contributed by atoms with E-state index < -0.39 is 0 Å². The second kappa shape index (κ2) is 7.43. The summed E-state index contributed by atoms with van der Waals surface area (Å²) < 4.78 is 8.88. The topological polar surface area (TPSA) is 74.0 Å². The summed E-state index contributed by atoms with van der Waals surface area (Å²) in [4.78, 5) is 12.5. The first kappa shape index (κ1) is 17.7. The minimum Gasteiger partial charge on any atom is -0.497 e. The van der Waals surface area contributed by atoms with E-state index in [1.54, 1.807) is 24.2 Å². The molecule has 0 saturated carbocycles. The molecule has 26 heavy (non-hydrogen) atoms. The molecule has 3 rings (SSSR count). The summed E-state index contributed by atoms with van der Waals surface area (Å²) >= 11 is 0. The minimum atomic E-state index is -0.183. The number of nitrogens with one attached hydrogen (secondary N) is 1. The van der Waals surface area contributed by atoms with E-state index in [0.717, 1.165) is 34.9 Å². The Balaban J connectivity index is 1.80. The fourth-order valence-electron chi connectivity index (χ4n) is 2.81. The van der Waals surface area contributed by atoms with Crippen LogP contribution in [-0.2, 0) is 13.1 Å². The van der Waals surface area contributed by atoms with E-state index in [2.05, 4.69) is 15.5 Å². The van der Waals surface area contributed by atoms with Crippen LogP contribution in [0.15, 0.2) is 36.7 Å². The Bertz CT molecular complexity index is 926. The Hall–Kier alpha value is -3.09. The first-order valence-corrected chi connectivity index (χ1v) is 8.52. The molecule has 7 heteroatoms. The van der Waals surface area contributed by atoms with Gasteiger partial charge >= 0.3 is 0 Å². The van der Waals surface area contributed by atoms with Crippen LogP contribution in [-0.4, -0.2) is 32.6 Å². The fraction of sp³-hybridized carbons (Fsp3) is 0.316. The third-order valence-corrected chi connectivity index (χ3v) is 4.31. The van der Waals surface area contributed by atoms with Crippen LogP contribution in [0.5, 0.6) is 5.75 Å². The van der Waals surface area contributed by atoms with Crippen LogP contribution in [0.3, 0.4) is 0 Å². The first-order chi connectivity index (χ1) is 12.5. The number of anilines is 1. The van der Waals surface area contributed by atoms with Crippen LogP contribution in [0, 0.1) is 13.8 Å². The second-order valence-electron chi connectivity index (χ2n) is 6.09. The predicted octanol–water partition coefficient (Wildman–Crippen LogP) is 3.03. The highest BCUT2D eigenvalue weighted by Crippen LogP contribution is 2.22. The Morgan fingerprint density at radius 3 is 2.81 bits per heavy atom. The van der Waals surface area contributed by atoms with Crippen LogP contribution >= 0.6 is 0 Å². The highest BCUT2D eigenvalue weighted by atomic mass is 16.5. The molecular formula is C19H23N5O2. The number of amides is 1. The Morgan fingerprint density at radius 2 is 2.12 bits per heavy atom. The molecular weight excluding hydrogens is 330 g/mol. The van der Waals surface area contributed by atoms with E-state index in [-0.39, 0.29) is 5.91 Å². The molecule has 0 radical (unpaired) electrons. The summed E-state index contributed by atoms with van der Waals surface area (Å²) in [5.41, 5.74) is 4.04. The monoisotopic (exact) mass is 353 g/mol. The van der Waals surface area contributed by atoms with Gasteiger partial charge in [0, 0.05) is 12.7 Å². The third kappa shape index (κ3) is 3.61.